The zero-order valence-corrected chi connectivity index (χ0v) is 14.8. The normalized spacial score (nSPS) is 23.7. The summed E-state index contributed by atoms with van der Waals surface area (Å²) in [6.45, 7) is 1.61. The van der Waals surface area contributed by atoms with Gasteiger partial charge in [-0.05, 0) is 61.3 Å². The van der Waals surface area contributed by atoms with Crippen molar-refractivity contribution in [3.8, 4) is 0 Å². The van der Waals surface area contributed by atoms with Gasteiger partial charge in [-0.1, -0.05) is 25.3 Å². The highest BCUT2D eigenvalue weighted by Gasteiger charge is 2.36. The smallest absolute Gasteiger partial charge is 0.315 e. The van der Waals surface area contributed by atoms with Crippen molar-refractivity contribution in [3.63, 3.8) is 0 Å². The molecule has 1 fully saturated rings. The van der Waals surface area contributed by atoms with Gasteiger partial charge in [0.25, 0.3) is 0 Å². The van der Waals surface area contributed by atoms with Gasteiger partial charge in [0, 0.05) is 29.7 Å². The monoisotopic (exact) mass is 337 g/mol. The summed E-state index contributed by atoms with van der Waals surface area (Å²) < 4.78 is 2.47. The zero-order valence-electron chi connectivity index (χ0n) is 14.8. The average molecular weight is 337 g/mol. The molecule has 1 aromatic heterocycles. The number of aryl methyl sites for hydroxylation is 1. The minimum atomic E-state index is -0.266. The van der Waals surface area contributed by atoms with Gasteiger partial charge in [0.15, 0.2) is 0 Å². The van der Waals surface area contributed by atoms with E-state index in [9.17, 15) is 4.79 Å². The first kappa shape index (κ1) is 15.3. The lowest BCUT2D eigenvalue weighted by Crippen LogP contribution is -2.45. The number of aromatic nitrogens is 1. The molecule has 132 valence electrons. The predicted octanol–water partition coefficient (Wildman–Crippen LogP) is 4.46. The molecule has 25 heavy (non-hydrogen) atoms. The first-order valence-electron chi connectivity index (χ1n) is 9.95. The Hall–Kier alpha value is -1.97. The SMILES string of the molecule is NC(=O)N1CCn2c3c(c4cc(C5CCCCC5)ccc42)CCC[C@@H]31. The lowest BCUT2D eigenvalue weighted by molar-refractivity contribution is 0.155. The number of primary amides is 1. The van der Waals surface area contributed by atoms with Crippen LogP contribution in [-0.4, -0.2) is 22.0 Å². The molecular weight excluding hydrogens is 310 g/mol. The van der Waals surface area contributed by atoms with Crippen LogP contribution in [0.25, 0.3) is 10.9 Å². The lowest BCUT2D eigenvalue weighted by atomic mass is 9.83. The third kappa shape index (κ3) is 2.30. The summed E-state index contributed by atoms with van der Waals surface area (Å²) in [5, 5.41) is 1.44. The maximum atomic E-state index is 11.9. The number of carbonyl (C=O) groups is 1. The molecule has 2 N–H and O–H groups in total. The second-order valence-electron chi connectivity index (χ2n) is 8.07. The van der Waals surface area contributed by atoms with Crippen LogP contribution in [0.4, 0.5) is 4.79 Å². The number of hydrogen-bond acceptors (Lipinski definition) is 1. The molecule has 2 amide bonds. The van der Waals surface area contributed by atoms with E-state index in [0.29, 0.717) is 0 Å². The first-order valence-corrected chi connectivity index (χ1v) is 9.95. The Morgan fingerprint density at radius 2 is 1.88 bits per heavy atom. The number of nitrogens with two attached hydrogens (primary N) is 1. The van der Waals surface area contributed by atoms with E-state index < -0.39 is 0 Å². The molecule has 5 rings (SSSR count). The molecule has 0 bridgehead atoms. The number of hydrogen-bond donors (Lipinski definition) is 1. The molecule has 1 aromatic carbocycles. The lowest BCUT2D eigenvalue weighted by Gasteiger charge is -2.38. The summed E-state index contributed by atoms with van der Waals surface area (Å²) in [5.41, 5.74) is 11.4. The number of nitrogens with zero attached hydrogens (tertiary/aromatic N) is 2. The number of rotatable bonds is 1. The first-order chi connectivity index (χ1) is 12.2. The van der Waals surface area contributed by atoms with Gasteiger partial charge in [0.05, 0.1) is 6.04 Å². The Bertz CT molecular complexity index is 831. The molecule has 0 radical (unpaired) electrons. The van der Waals surface area contributed by atoms with E-state index in [2.05, 4.69) is 22.8 Å². The van der Waals surface area contributed by atoms with E-state index in [-0.39, 0.29) is 12.1 Å². The van der Waals surface area contributed by atoms with Crippen molar-refractivity contribution in [1.29, 1.82) is 0 Å². The van der Waals surface area contributed by atoms with Crippen LogP contribution < -0.4 is 5.73 Å². The van der Waals surface area contributed by atoms with Crippen molar-refractivity contribution in [2.45, 2.75) is 69.9 Å². The molecule has 1 saturated carbocycles. The van der Waals surface area contributed by atoms with Gasteiger partial charge in [0.2, 0.25) is 0 Å². The molecule has 4 heteroatoms. The molecule has 2 aromatic rings. The molecule has 3 aliphatic rings. The number of amides is 2. The number of fused-ring (bicyclic) bond motifs is 3. The number of benzene rings is 1. The highest BCUT2D eigenvalue weighted by atomic mass is 16.2. The van der Waals surface area contributed by atoms with Crippen molar-refractivity contribution >= 4 is 16.9 Å². The summed E-state index contributed by atoms with van der Waals surface area (Å²) in [6, 6.07) is 7.10. The summed E-state index contributed by atoms with van der Waals surface area (Å²) in [7, 11) is 0. The van der Waals surface area contributed by atoms with Crippen LogP contribution in [0.2, 0.25) is 0 Å². The Labute approximate surface area is 149 Å². The van der Waals surface area contributed by atoms with Crippen molar-refractivity contribution in [1.82, 2.24) is 9.47 Å². The van der Waals surface area contributed by atoms with Gasteiger partial charge in [-0.2, -0.15) is 0 Å². The van der Waals surface area contributed by atoms with Gasteiger partial charge < -0.3 is 15.2 Å². The van der Waals surface area contributed by atoms with Crippen molar-refractivity contribution in [3.05, 3.63) is 35.0 Å². The van der Waals surface area contributed by atoms with Crippen LogP contribution in [0, 0.1) is 0 Å². The quantitative estimate of drug-likeness (QED) is 0.820. The van der Waals surface area contributed by atoms with Gasteiger partial charge in [-0.25, -0.2) is 4.79 Å². The van der Waals surface area contributed by atoms with E-state index in [1.807, 2.05) is 4.90 Å². The highest BCUT2D eigenvalue weighted by molar-refractivity contribution is 5.87. The average Bonchev–Trinajstić information content (AvgIpc) is 2.98. The van der Waals surface area contributed by atoms with Crippen LogP contribution >= 0.6 is 0 Å². The molecule has 0 unspecified atom stereocenters. The Morgan fingerprint density at radius 3 is 2.68 bits per heavy atom. The van der Waals surface area contributed by atoms with Crippen molar-refractivity contribution in [2.75, 3.05) is 6.54 Å². The minimum Gasteiger partial charge on any atom is -0.351 e. The fraction of sp³-hybridized carbons (Fsp3) is 0.571. The van der Waals surface area contributed by atoms with E-state index >= 15 is 0 Å². The second-order valence-corrected chi connectivity index (χ2v) is 8.07. The third-order valence-corrected chi connectivity index (χ3v) is 6.76. The van der Waals surface area contributed by atoms with E-state index in [1.165, 1.54) is 59.8 Å². The van der Waals surface area contributed by atoms with Gasteiger partial charge >= 0.3 is 6.03 Å². The molecule has 0 spiro atoms. The number of carbonyl (C=O) groups excluding carboxylic acids is 1. The van der Waals surface area contributed by atoms with E-state index in [4.69, 9.17) is 5.73 Å². The largest absolute Gasteiger partial charge is 0.351 e. The Morgan fingerprint density at radius 1 is 1.04 bits per heavy atom. The van der Waals surface area contributed by atoms with E-state index in [0.717, 1.165) is 38.3 Å². The van der Waals surface area contributed by atoms with Gasteiger partial charge in [-0.3, -0.25) is 0 Å². The highest BCUT2D eigenvalue weighted by Crippen LogP contribution is 2.43. The topological polar surface area (TPSA) is 51.3 Å². The third-order valence-electron chi connectivity index (χ3n) is 6.76. The van der Waals surface area contributed by atoms with Crippen molar-refractivity contribution in [2.24, 2.45) is 5.73 Å². The summed E-state index contributed by atoms with van der Waals surface area (Å²) in [6.07, 6.45) is 10.1. The number of urea groups is 1. The van der Waals surface area contributed by atoms with E-state index in [1.54, 1.807) is 0 Å². The fourth-order valence-corrected chi connectivity index (χ4v) is 5.58. The van der Waals surface area contributed by atoms with Crippen LogP contribution in [0.3, 0.4) is 0 Å². The van der Waals surface area contributed by atoms with Gasteiger partial charge in [-0.15, -0.1) is 0 Å². The van der Waals surface area contributed by atoms with Gasteiger partial charge in [0.1, 0.15) is 0 Å². The maximum Gasteiger partial charge on any atom is 0.315 e. The molecule has 1 atom stereocenters. The molecular formula is C21H27N3O. The molecule has 1 aliphatic heterocycles. The molecule has 4 nitrogen and oxygen atoms in total. The summed E-state index contributed by atoms with van der Waals surface area (Å²) in [4.78, 5) is 13.8. The second kappa shape index (κ2) is 5.79. The molecule has 2 aliphatic carbocycles. The molecule has 0 saturated heterocycles. The Kier molecular flexibility index (Phi) is 3.54. The van der Waals surface area contributed by atoms with Crippen LogP contribution in [0.5, 0.6) is 0 Å². The zero-order chi connectivity index (χ0) is 17.0. The summed E-state index contributed by atoms with van der Waals surface area (Å²) in [5.74, 6) is 0.740. The maximum absolute atomic E-state index is 11.9. The van der Waals surface area contributed by atoms with Crippen molar-refractivity contribution < 1.29 is 4.79 Å². The van der Waals surface area contributed by atoms with Crippen LogP contribution in [-0.2, 0) is 13.0 Å². The van der Waals surface area contributed by atoms with Crippen LogP contribution in [0.15, 0.2) is 18.2 Å². The Balaban J connectivity index is 1.64. The summed E-state index contributed by atoms with van der Waals surface area (Å²) >= 11 is 0. The fourth-order valence-electron chi connectivity index (χ4n) is 5.58. The minimum absolute atomic E-state index is 0.181. The standard InChI is InChI=1S/C21H27N3O/c22-21(25)24-12-11-23-18-10-9-15(14-5-2-1-3-6-14)13-17(18)16-7-4-8-19(24)20(16)23/h9-10,13-14,19H,1-8,11-12H2,(H2,22,25)/t19-/m0/s1. The van der Waals surface area contributed by atoms with Crippen LogP contribution in [0.1, 0.15) is 73.7 Å². The molecule has 2 heterocycles. The predicted molar refractivity (Wildman–Crippen MR) is 99.7 cm³/mol.